The Labute approximate surface area is 98.4 Å². The summed E-state index contributed by atoms with van der Waals surface area (Å²) in [6.07, 6.45) is 1.82. The van der Waals surface area contributed by atoms with Gasteiger partial charge in [0.15, 0.2) is 0 Å². The molecule has 0 spiro atoms. The molecule has 0 aliphatic heterocycles. The maximum Gasteiger partial charge on any atom is 0.339 e. The summed E-state index contributed by atoms with van der Waals surface area (Å²) in [5.41, 5.74) is 0.763. The van der Waals surface area contributed by atoms with Gasteiger partial charge < -0.3 is 14.3 Å². The maximum absolute atomic E-state index is 11.1. The number of aromatic hydroxyl groups is 1. The highest BCUT2D eigenvalue weighted by molar-refractivity contribution is 5.85. The third kappa shape index (κ3) is 2.11. The lowest BCUT2D eigenvalue weighted by atomic mass is 10.1. The van der Waals surface area contributed by atoms with Gasteiger partial charge in [-0.25, -0.2) is 4.79 Å². The summed E-state index contributed by atoms with van der Waals surface area (Å²) in [6.45, 7) is 2.06. The van der Waals surface area contributed by atoms with E-state index in [-0.39, 0.29) is 5.75 Å². The van der Waals surface area contributed by atoms with Gasteiger partial charge in [0.05, 0.1) is 18.6 Å². The van der Waals surface area contributed by atoms with Gasteiger partial charge in [-0.1, -0.05) is 13.3 Å². The summed E-state index contributed by atoms with van der Waals surface area (Å²) >= 11 is 0. The molecular formula is C13H14O4. The Morgan fingerprint density at radius 2 is 2.12 bits per heavy atom. The van der Waals surface area contributed by atoms with E-state index in [0.29, 0.717) is 16.7 Å². The minimum atomic E-state index is -0.569. The molecule has 0 bridgehead atoms. The molecule has 2 rings (SSSR count). The van der Waals surface area contributed by atoms with E-state index >= 15 is 0 Å². The Bertz CT molecular complexity index is 598. The molecular weight excluding hydrogens is 220 g/mol. The highest BCUT2D eigenvalue weighted by Crippen LogP contribution is 2.30. The van der Waals surface area contributed by atoms with Crippen LogP contribution in [-0.2, 0) is 6.42 Å². The van der Waals surface area contributed by atoms with Gasteiger partial charge in [-0.3, -0.25) is 0 Å². The highest BCUT2D eigenvalue weighted by Gasteiger charge is 2.10. The van der Waals surface area contributed by atoms with Crippen LogP contribution in [0.5, 0.6) is 11.5 Å². The summed E-state index contributed by atoms with van der Waals surface area (Å²) < 4.78 is 10.3. The van der Waals surface area contributed by atoms with E-state index < -0.39 is 5.63 Å². The van der Waals surface area contributed by atoms with Crippen molar-refractivity contribution < 1.29 is 14.3 Å². The van der Waals surface area contributed by atoms with Crippen LogP contribution < -0.4 is 10.4 Å². The second-order valence-electron chi connectivity index (χ2n) is 3.86. The van der Waals surface area contributed by atoms with Gasteiger partial charge in [0.1, 0.15) is 17.1 Å². The molecule has 2 aromatic rings. The zero-order valence-corrected chi connectivity index (χ0v) is 9.82. The van der Waals surface area contributed by atoms with Gasteiger partial charge in [0.25, 0.3) is 0 Å². The van der Waals surface area contributed by atoms with Crippen molar-refractivity contribution in [2.24, 2.45) is 0 Å². The molecule has 90 valence electrons. The molecule has 0 fully saturated rings. The van der Waals surface area contributed by atoms with Crippen LogP contribution in [0.25, 0.3) is 11.0 Å². The molecule has 1 N–H and O–H groups in total. The van der Waals surface area contributed by atoms with E-state index in [1.807, 2.05) is 0 Å². The normalized spacial score (nSPS) is 10.7. The minimum absolute atomic E-state index is 0.0590. The Morgan fingerprint density at radius 1 is 1.35 bits per heavy atom. The molecule has 0 saturated carbocycles. The molecule has 1 aromatic carbocycles. The van der Waals surface area contributed by atoms with Gasteiger partial charge in [-0.15, -0.1) is 0 Å². The van der Waals surface area contributed by atoms with Crippen LogP contribution in [-0.4, -0.2) is 12.2 Å². The van der Waals surface area contributed by atoms with Crippen LogP contribution in [0.1, 0.15) is 18.9 Å². The molecule has 0 saturated heterocycles. The number of hydrogen-bond donors (Lipinski definition) is 1. The van der Waals surface area contributed by atoms with E-state index in [0.717, 1.165) is 24.5 Å². The summed E-state index contributed by atoms with van der Waals surface area (Å²) in [5.74, 6) is 0.615. The topological polar surface area (TPSA) is 59.7 Å². The van der Waals surface area contributed by atoms with Crippen molar-refractivity contribution in [1.82, 2.24) is 0 Å². The summed E-state index contributed by atoms with van der Waals surface area (Å²) in [7, 11) is 1.57. The van der Waals surface area contributed by atoms with Crippen LogP contribution in [0, 0.1) is 0 Å². The van der Waals surface area contributed by atoms with Crippen molar-refractivity contribution in [2.75, 3.05) is 7.11 Å². The van der Waals surface area contributed by atoms with Crippen LogP contribution in [0.2, 0.25) is 0 Å². The fourth-order valence-corrected chi connectivity index (χ4v) is 1.87. The number of methoxy groups -OCH3 is 1. The van der Waals surface area contributed by atoms with Crippen molar-refractivity contribution in [1.29, 1.82) is 0 Å². The highest BCUT2D eigenvalue weighted by atomic mass is 16.5. The zero-order valence-electron chi connectivity index (χ0n) is 9.82. The van der Waals surface area contributed by atoms with Crippen molar-refractivity contribution in [3.8, 4) is 11.5 Å². The number of hydrogen-bond acceptors (Lipinski definition) is 4. The smallest absolute Gasteiger partial charge is 0.339 e. The number of benzene rings is 1. The number of aryl methyl sites for hydroxylation is 1. The molecule has 0 radical (unpaired) electrons. The molecule has 17 heavy (non-hydrogen) atoms. The average molecular weight is 234 g/mol. The Balaban J connectivity index is 2.73. The summed E-state index contributed by atoms with van der Waals surface area (Å²) in [4.78, 5) is 11.1. The predicted octanol–water partition coefficient (Wildman–Crippen LogP) is 2.46. The number of ether oxygens (including phenoxy) is 1. The lowest BCUT2D eigenvalue weighted by Crippen LogP contribution is -1.98. The van der Waals surface area contributed by atoms with E-state index in [1.165, 1.54) is 0 Å². The van der Waals surface area contributed by atoms with Crippen LogP contribution in [0.4, 0.5) is 0 Å². The van der Waals surface area contributed by atoms with Gasteiger partial charge in [0.2, 0.25) is 0 Å². The van der Waals surface area contributed by atoms with Crippen molar-refractivity contribution >= 4 is 11.0 Å². The number of rotatable bonds is 3. The molecule has 1 heterocycles. The standard InChI is InChI=1S/C13H14O4/c1-3-4-8-5-9-10(14)6-13(15)17-12(9)7-11(8)16-2/h5-7,14H,3-4H2,1-2H3. The molecule has 0 aliphatic carbocycles. The quantitative estimate of drug-likeness (QED) is 0.829. The van der Waals surface area contributed by atoms with Gasteiger partial charge >= 0.3 is 5.63 Å². The average Bonchev–Trinajstić information content (AvgIpc) is 2.29. The van der Waals surface area contributed by atoms with E-state index in [4.69, 9.17) is 9.15 Å². The van der Waals surface area contributed by atoms with Gasteiger partial charge in [-0.2, -0.15) is 0 Å². The van der Waals surface area contributed by atoms with Crippen molar-refractivity contribution in [3.05, 3.63) is 34.2 Å². The van der Waals surface area contributed by atoms with Crippen molar-refractivity contribution in [2.45, 2.75) is 19.8 Å². The Hall–Kier alpha value is -1.97. The molecule has 0 unspecified atom stereocenters. The van der Waals surface area contributed by atoms with Gasteiger partial charge in [0, 0.05) is 6.07 Å². The molecule has 4 nitrogen and oxygen atoms in total. The van der Waals surface area contributed by atoms with Crippen LogP contribution in [0.15, 0.2) is 27.4 Å². The first-order chi connectivity index (χ1) is 8.15. The van der Waals surface area contributed by atoms with E-state index in [2.05, 4.69) is 6.92 Å². The Kier molecular flexibility index (Phi) is 3.04. The number of fused-ring (bicyclic) bond motifs is 1. The molecule has 0 amide bonds. The minimum Gasteiger partial charge on any atom is -0.507 e. The fraction of sp³-hybridized carbons (Fsp3) is 0.308. The monoisotopic (exact) mass is 234 g/mol. The van der Waals surface area contributed by atoms with E-state index in [9.17, 15) is 9.90 Å². The lowest BCUT2D eigenvalue weighted by molar-refractivity contribution is 0.408. The lowest BCUT2D eigenvalue weighted by Gasteiger charge is -2.09. The first kappa shape index (κ1) is 11.5. The summed E-state index contributed by atoms with van der Waals surface area (Å²) in [6, 6.07) is 4.52. The van der Waals surface area contributed by atoms with Crippen molar-refractivity contribution in [3.63, 3.8) is 0 Å². The third-order valence-corrected chi connectivity index (χ3v) is 2.64. The SMILES string of the molecule is CCCc1cc2c(O)cc(=O)oc2cc1OC. The fourth-order valence-electron chi connectivity index (χ4n) is 1.87. The van der Waals surface area contributed by atoms with E-state index in [1.54, 1.807) is 19.2 Å². The summed E-state index contributed by atoms with van der Waals surface area (Å²) in [5, 5.41) is 10.2. The Morgan fingerprint density at radius 3 is 2.76 bits per heavy atom. The first-order valence-corrected chi connectivity index (χ1v) is 5.49. The largest absolute Gasteiger partial charge is 0.507 e. The first-order valence-electron chi connectivity index (χ1n) is 5.49. The second-order valence-corrected chi connectivity index (χ2v) is 3.86. The third-order valence-electron chi connectivity index (χ3n) is 2.64. The zero-order chi connectivity index (χ0) is 12.4. The molecule has 1 aromatic heterocycles. The second kappa shape index (κ2) is 4.49. The molecule has 0 aliphatic rings. The van der Waals surface area contributed by atoms with Crippen LogP contribution in [0.3, 0.4) is 0 Å². The molecule has 0 atom stereocenters. The van der Waals surface area contributed by atoms with Gasteiger partial charge in [-0.05, 0) is 18.1 Å². The van der Waals surface area contributed by atoms with Crippen LogP contribution >= 0.6 is 0 Å². The predicted molar refractivity (Wildman–Crippen MR) is 64.7 cm³/mol. The molecule has 4 heteroatoms. The maximum atomic E-state index is 11.1.